The average Bonchev–Trinajstić information content (AvgIpc) is 4.13. The molecule has 446 valence electrons. The van der Waals surface area contributed by atoms with Gasteiger partial charge in [-0.1, -0.05) is 83.4 Å². The van der Waals surface area contributed by atoms with Crippen LogP contribution in [0.4, 0.5) is 0 Å². The van der Waals surface area contributed by atoms with Crippen molar-refractivity contribution in [2.45, 2.75) is 120 Å². The number of carbonyl (C=O) groups excluding carboxylic acids is 7. The van der Waals surface area contributed by atoms with E-state index in [0.29, 0.717) is 37.4 Å². The van der Waals surface area contributed by atoms with E-state index >= 15 is 4.79 Å². The number of hydrogen-bond donors (Lipinski definition) is 14. The number of likely N-dealkylation sites (N-methyl/N-ethyl adjacent to an activating group) is 2. The van der Waals surface area contributed by atoms with Crippen molar-refractivity contribution in [3.05, 3.63) is 82.9 Å². The second kappa shape index (κ2) is 33.2. The van der Waals surface area contributed by atoms with Gasteiger partial charge in [-0.2, -0.15) is 0 Å². The molecule has 1 aromatic heterocycles. The smallest absolute Gasteiger partial charge is 0.305 e. The third-order valence-corrected chi connectivity index (χ3v) is 16.2. The molecule has 7 amide bonds. The fourth-order valence-electron chi connectivity index (χ4n) is 9.17. The Labute approximate surface area is 484 Å². The first-order chi connectivity index (χ1) is 38.6. The number of halogens is 1. The molecule has 2 unspecified atom stereocenters. The highest BCUT2D eigenvalue weighted by Gasteiger charge is 2.44. The molecule has 2 aliphatic heterocycles. The third-order valence-electron chi connectivity index (χ3n) is 13.4. The number of carbonyl (C=O) groups is 8. The second-order valence-electron chi connectivity index (χ2n) is 20.6. The highest BCUT2D eigenvalue weighted by molar-refractivity contribution is 8.76. The van der Waals surface area contributed by atoms with Crippen molar-refractivity contribution < 1.29 is 58.8 Å². The lowest BCUT2D eigenvalue weighted by molar-refractivity contribution is -0.142. The zero-order valence-electron chi connectivity index (χ0n) is 46.1. The number of aromatic amines is 1. The number of H-pyrrole nitrogens is 1. The number of hydrogen-bond acceptors (Lipinski definition) is 18. The number of amides is 7. The minimum absolute atomic E-state index is 0.0134. The van der Waals surface area contributed by atoms with E-state index in [9.17, 15) is 54.0 Å². The SMILES string of the molecule is CNCCN(CCNC)CC(=O)N[C@@H](Cc1ccccc1)[C@H](O)N[C@@H](Cc1cnc[nH]1)C(=O)N[C@H]1CSSC[C@@H](C)NC(=O)[C@H](CC(C)C)NC(=O)[C@H](CC(=O)O)NC(=O)[C@H](Cc2ccc(O)c(Cl)c2)NC(=O)C2CC(O)CN2C1=O. The number of nitrogens with zero attached hydrogens (tertiary/aromatic N) is 3. The number of nitrogens with one attached hydrogen (secondary N) is 10. The van der Waals surface area contributed by atoms with E-state index in [4.69, 9.17) is 11.6 Å². The lowest BCUT2D eigenvalue weighted by atomic mass is 10.0. The summed E-state index contributed by atoms with van der Waals surface area (Å²) in [6.07, 6.45) is -1.24. The van der Waals surface area contributed by atoms with Crippen molar-refractivity contribution >= 4 is 80.5 Å². The molecule has 10 atom stereocenters. The summed E-state index contributed by atoms with van der Waals surface area (Å²) in [6, 6.07) is 3.03. The van der Waals surface area contributed by atoms with Crippen LogP contribution < -0.4 is 47.9 Å². The number of rotatable bonds is 24. The number of phenols is 1. The van der Waals surface area contributed by atoms with Crippen molar-refractivity contribution in [3.8, 4) is 5.75 Å². The summed E-state index contributed by atoms with van der Waals surface area (Å²) in [6.45, 7) is 7.39. The Morgan fingerprint density at radius 1 is 0.864 bits per heavy atom. The Hall–Kier alpha value is -6.04. The number of phenolic OH excluding ortho intramolecular Hbond substituents is 1. The van der Waals surface area contributed by atoms with Crippen LogP contribution in [0.1, 0.15) is 56.9 Å². The van der Waals surface area contributed by atoms with Crippen LogP contribution in [0.15, 0.2) is 61.1 Å². The monoisotopic (exact) mass is 1190 g/mol. The lowest BCUT2D eigenvalue weighted by Gasteiger charge is -2.32. The lowest BCUT2D eigenvalue weighted by Crippen LogP contribution is -2.61. The maximum Gasteiger partial charge on any atom is 0.305 e. The molecule has 3 heterocycles. The van der Waals surface area contributed by atoms with Gasteiger partial charge in [0.2, 0.25) is 41.4 Å². The Morgan fingerprint density at radius 3 is 2.16 bits per heavy atom. The van der Waals surface area contributed by atoms with Gasteiger partial charge in [0.15, 0.2) is 0 Å². The highest BCUT2D eigenvalue weighted by atomic mass is 35.5. The predicted octanol–water partition coefficient (Wildman–Crippen LogP) is -1.38. The van der Waals surface area contributed by atoms with Gasteiger partial charge in [0, 0.05) is 81.4 Å². The van der Waals surface area contributed by atoms with Crippen molar-refractivity contribution in [1.29, 1.82) is 0 Å². The number of aromatic hydroxyl groups is 1. The van der Waals surface area contributed by atoms with E-state index in [2.05, 4.69) is 57.8 Å². The van der Waals surface area contributed by atoms with E-state index < -0.39 is 108 Å². The average molecular weight is 1190 g/mol. The molecule has 3 aromatic rings. The van der Waals surface area contributed by atoms with E-state index in [-0.39, 0.29) is 79.3 Å². The number of aliphatic hydroxyl groups is 2. The number of carboxylic acids is 1. The van der Waals surface area contributed by atoms with Crippen LogP contribution in [0.3, 0.4) is 0 Å². The van der Waals surface area contributed by atoms with E-state index in [0.717, 1.165) is 10.5 Å². The summed E-state index contributed by atoms with van der Waals surface area (Å²) in [5.41, 5.74) is 1.57. The number of fused-ring (bicyclic) bond motifs is 1. The molecule has 5 rings (SSSR count). The van der Waals surface area contributed by atoms with Crippen molar-refractivity contribution in [3.63, 3.8) is 0 Å². The summed E-state index contributed by atoms with van der Waals surface area (Å²) >= 11 is 6.22. The number of aliphatic carboxylic acids is 1. The Bertz CT molecular complexity index is 2550. The molecule has 14 N–H and O–H groups in total. The summed E-state index contributed by atoms with van der Waals surface area (Å²) in [5.74, 6) is -7.19. The predicted molar refractivity (Wildman–Crippen MR) is 306 cm³/mol. The quantitative estimate of drug-likeness (QED) is 0.0363. The van der Waals surface area contributed by atoms with E-state index in [1.807, 2.05) is 63.2 Å². The molecular weight excluding hydrogens is 1110 g/mol. The van der Waals surface area contributed by atoms with Gasteiger partial charge in [-0.05, 0) is 63.0 Å². The zero-order valence-corrected chi connectivity index (χ0v) is 48.5. The standard InChI is InChI=1S/C53H78ClN13O12S2/c1-30(2)17-37-47(73)59-31(3)27-80-81-28-42(53(79)67-25-35(68)22-43(67)52(78)64-39(20-33-11-12-44(69)36(54)18-33)49(75)63-41(23-46(71)72)51(77)61-37)65-50(76)40(21-34-24-57-29-58-34)62-48(74)38(19-32-9-7-6-8-10-32)60-45(70)26-66(15-13-55-4)16-14-56-5/h6-12,18,24,29-31,35,37-43,48,55-56,62,68-69,74H,13-17,19-23,25-28H2,1-5H3,(H,57,58)(H,59,73)(H,60,70)(H,61,77)(H,63,75)(H,64,78)(H,65,76)(H,71,72)/t31-,35?,37+,38+,39+,40+,41+,42+,43?,48+/m1/s1. The number of aliphatic hydroxyl groups excluding tert-OH is 2. The van der Waals surface area contributed by atoms with Gasteiger partial charge < -0.3 is 72.8 Å². The van der Waals surface area contributed by atoms with Crippen molar-refractivity contribution in [2.24, 2.45) is 5.92 Å². The van der Waals surface area contributed by atoms with Crippen LogP contribution in [0.5, 0.6) is 5.75 Å². The van der Waals surface area contributed by atoms with Gasteiger partial charge in [0.05, 0.1) is 42.5 Å². The normalized spacial score (nSPS) is 22.9. The molecule has 2 saturated heterocycles. The summed E-state index contributed by atoms with van der Waals surface area (Å²) in [7, 11) is 6.04. The van der Waals surface area contributed by atoms with Crippen LogP contribution >= 0.6 is 33.2 Å². The third kappa shape index (κ3) is 21.7. The van der Waals surface area contributed by atoms with Crippen LogP contribution in [0.25, 0.3) is 0 Å². The first kappa shape index (κ1) is 65.8. The first-order valence-corrected chi connectivity index (χ1v) is 29.7. The highest BCUT2D eigenvalue weighted by Crippen LogP contribution is 2.27. The van der Waals surface area contributed by atoms with Gasteiger partial charge in [-0.25, -0.2) is 4.98 Å². The first-order valence-electron chi connectivity index (χ1n) is 26.8. The molecule has 0 saturated carbocycles. The fraction of sp³-hybridized carbons (Fsp3) is 0.566. The molecule has 25 nitrogen and oxygen atoms in total. The Balaban J connectivity index is 1.49. The maximum absolute atomic E-state index is 15.0. The number of aromatic nitrogens is 2. The topological polar surface area (TPSA) is 361 Å². The minimum atomic E-state index is -1.75. The fourth-order valence-corrected chi connectivity index (χ4v) is 11.8. The number of benzene rings is 2. The van der Waals surface area contributed by atoms with Crippen LogP contribution in [0, 0.1) is 5.92 Å². The summed E-state index contributed by atoms with van der Waals surface area (Å²) in [5, 5.41) is 68.7. The molecular formula is C53H78ClN13O12S2. The molecule has 0 radical (unpaired) electrons. The number of carboxylic acid groups (broad SMARTS) is 1. The number of imidazole rings is 1. The van der Waals surface area contributed by atoms with Crippen molar-refractivity contribution in [1.82, 2.24) is 67.6 Å². The maximum atomic E-state index is 15.0. The van der Waals surface area contributed by atoms with Gasteiger partial charge >= 0.3 is 5.97 Å². The van der Waals surface area contributed by atoms with Gasteiger partial charge in [0.25, 0.3) is 0 Å². The van der Waals surface area contributed by atoms with Crippen LogP contribution in [-0.4, -0.2) is 213 Å². The molecule has 0 bridgehead atoms. The Kier molecular flexibility index (Phi) is 26.9. The van der Waals surface area contributed by atoms with E-state index in [1.54, 1.807) is 6.92 Å². The van der Waals surface area contributed by atoms with Gasteiger partial charge in [-0.3, -0.25) is 48.6 Å². The van der Waals surface area contributed by atoms with Crippen molar-refractivity contribution in [2.75, 3.05) is 64.9 Å². The van der Waals surface area contributed by atoms with Crippen LogP contribution in [-0.2, 0) is 57.6 Å². The second-order valence-corrected chi connectivity index (χ2v) is 23.6. The summed E-state index contributed by atoms with van der Waals surface area (Å²) < 4.78 is 0. The largest absolute Gasteiger partial charge is 0.506 e. The van der Waals surface area contributed by atoms with Crippen LogP contribution in [0.2, 0.25) is 5.02 Å². The van der Waals surface area contributed by atoms with Gasteiger partial charge in [-0.15, -0.1) is 0 Å². The Morgan fingerprint density at radius 2 is 1.52 bits per heavy atom. The molecule has 0 aliphatic carbocycles. The minimum Gasteiger partial charge on any atom is -0.506 e. The van der Waals surface area contributed by atoms with E-state index in [1.165, 1.54) is 52.3 Å². The molecule has 81 heavy (non-hydrogen) atoms. The molecule has 2 aliphatic rings. The zero-order chi connectivity index (χ0) is 59.2. The molecule has 2 fully saturated rings. The molecule has 0 spiro atoms. The summed E-state index contributed by atoms with van der Waals surface area (Å²) in [4.78, 5) is 123. The van der Waals surface area contributed by atoms with Gasteiger partial charge in [0.1, 0.15) is 42.2 Å². The molecule has 2 aromatic carbocycles. The molecule has 28 heteroatoms.